The minimum Gasteiger partial charge on any atom is -0.492 e. The van der Waals surface area contributed by atoms with Gasteiger partial charge < -0.3 is 10.5 Å². The molecule has 0 spiro atoms. The van der Waals surface area contributed by atoms with Crippen molar-refractivity contribution in [1.82, 2.24) is 0 Å². The van der Waals surface area contributed by atoms with E-state index in [9.17, 15) is 8.42 Å². The van der Waals surface area contributed by atoms with Gasteiger partial charge in [0.05, 0.1) is 4.90 Å². The molecule has 0 aromatic heterocycles. The van der Waals surface area contributed by atoms with E-state index in [1.807, 2.05) is 13.8 Å². The van der Waals surface area contributed by atoms with E-state index >= 15 is 0 Å². The molecule has 0 heterocycles. The summed E-state index contributed by atoms with van der Waals surface area (Å²) in [6, 6.07) is 5.94. The van der Waals surface area contributed by atoms with Crippen LogP contribution in [-0.2, 0) is 10.0 Å². The highest BCUT2D eigenvalue weighted by Crippen LogP contribution is 2.16. The van der Waals surface area contributed by atoms with Crippen LogP contribution in [0.4, 0.5) is 0 Å². The fraction of sp³-hybridized carbons (Fsp3) is 0.455. The lowest BCUT2D eigenvalue weighted by atomic mass is 10.0. The minimum absolute atomic E-state index is 0.0656. The molecule has 0 bridgehead atoms. The first-order valence-electron chi connectivity index (χ1n) is 5.29. The number of hydrogen-bond acceptors (Lipinski definition) is 4. The third-order valence-corrected chi connectivity index (χ3v) is 3.46. The smallest absolute Gasteiger partial charge is 0.238 e. The molecule has 1 aromatic carbocycles. The van der Waals surface area contributed by atoms with Gasteiger partial charge in [0.1, 0.15) is 12.4 Å². The molecule has 0 aliphatic heterocycles. The third kappa shape index (κ3) is 4.33. The van der Waals surface area contributed by atoms with Gasteiger partial charge in [0.15, 0.2) is 0 Å². The first-order valence-corrected chi connectivity index (χ1v) is 6.84. The first-order chi connectivity index (χ1) is 7.74. The van der Waals surface area contributed by atoms with Crippen LogP contribution < -0.4 is 15.6 Å². The number of nitrogens with two attached hydrogens (primary N) is 2. The predicted octanol–water partition coefficient (Wildman–Crippen LogP) is 0.840. The zero-order valence-corrected chi connectivity index (χ0v) is 10.8. The van der Waals surface area contributed by atoms with E-state index in [0.717, 1.165) is 6.42 Å². The molecule has 5 nitrogen and oxygen atoms in total. The van der Waals surface area contributed by atoms with Crippen LogP contribution in [0.3, 0.4) is 0 Å². The highest BCUT2D eigenvalue weighted by molar-refractivity contribution is 7.89. The van der Waals surface area contributed by atoms with Gasteiger partial charge in [-0.1, -0.05) is 6.92 Å². The molecule has 0 saturated carbocycles. The van der Waals surface area contributed by atoms with Gasteiger partial charge in [-0.25, -0.2) is 13.6 Å². The molecule has 1 atom stereocenters. The fourth-order valence-corrected chi connectivity index (χ4v) is 1.59. The molecular formula is C11H18N2O3S. The van der Waals surface area contributed by atoms with E-state index < -0.39 is 15.6 Å². The van der Waals surface area contributed by atoms with E-state index in [0.29, 0.717) is 12.4 Å². The summed E-state index contributed by atoms with van der Waals surface area (Å²) < 4.78 is 27.5. The number of sulfonamides is 1. The molecule has 0 aliphatic carbocycles. The van der Waals surface area contributed by atoms with E-state index in [1.54, 1.807) is 12.1 Å². The summed E-state index contributed by atoms with van der Waals surface area (Å²) in [5.74, 6) is 0.572. The molecule has 96 valence electrons. The van der Waals surface area contributed by atoms with Gasteiger partial charge in [-0.2, -0.15) is 0 Å². The minimum atomic E-state index is -3.65. The molecule has 0 aliphatic rings. The Labute approximate surface area is 102 Å². The molecule has 0 fully saturated rings. The van der Waals surface area contributed by atoms with Crippen LogP contribution in [0.2, 0.25) is 0 Å². The third-order valence-electron chi connectivity index (χ3n) is 2.53. The highest BCUT2D eigenvalue weighted by Gasteiger charge is 2.16. The summed E-state index contributed by atoms with van der Waals surface area (Å²) in [5.41, 5.74) is 5.53. The number of hydrogen-bond donors (Lipinski definition) is 2. The molecule has 0 amide bonds. The van der Waals surface area contributed by atoms with E-state index in [4.69, 9.17) is 15.6 Å². The van der Waals surface area contributed by atoms with Crippen LogP contribution in [0.25, 0.3) is 0 Å². The Morgan fingerprint density at radius 1 is 1.29 bits per heavy atom. The van der Waals surface area contributed by atoms with Gasteiger partial charge in [-0.15, -0.1) is 0 Å². The molecule has 1 rings (SSSR count). The van der Waals surface area contributed by atoms with E-state index in [-0.39, 0.29) is 4.90 Å². The second kappa shape index (κ2) is 5.03. The summed E-state index contributed by atoms with van der Waals surface area (Å²) >= 11 is 0. The monoisotopic (exact) mass is 258 g/mol. The lowest BCUT2D eigenvalue weighted by Gasteiger charge is -2.22. The highest BCUT2D eigenvalue weighted by atomic mass is 32.2. The van der Waals surface area contributed by atoms with Gasteiger partial charge >= 0.3 is 0 Å². The van der Waals surface area contributed by atoms with Gasteiger partial charge in [0, 0.05) is 5.54 Å². The van der Waals surface area contributed by atoms with Crippen molar-refractivity contribution in [2.24, 2.45) is 10.9 Å². The second-order valence-corrected chi connectivity index (χ2v) is 5.87. The van der Waals surface area contributed by atoms with Gasteiger partial charge in [0.2, 0.25) is 10.0 Å². The largest absolute Gasteiger partial charge is 0.492 e. The summed E-state index contributed by atoms with van der Waals surface area (Å²) in [7, 11) is -3.65. The number of benzene rings is 1. The number of primary sulfonamides is 1. The van der Waals surface area contributed by atoms with Crippen LogP contribution in [0.5, 0.6) is 5.75 Å². The molecule has 4 N–H and O–H groups in total. The molecule has 17 heavy (non-hydrogen) atoms. The average Bonchev–Trinajstić information content (AvgIpc) is 2.26. The predicted molar refractivity (Wildman–Crippen MR) is 66.2 cm³/mol. The zero-order chi connectivity index (χ0) is 13.1. The van der Waals surface area contributed by atoms with Gasteiger partial charge in [0.25, 0.3) is 0 Å². The van der Waals surface area contributed by atoms with E-state index in [2.05, 4.69) is 0 Å². The van der Waals surface area contributed by atoms with Gasteiger partial charge in [-0.3, -0.25) is 0 Å². The summed E-state index contributed by atoms with van der Waals surface area (Å²) in [6.07, 6.45) is 0.794. The van der Waals surface area contributed by atoms with Crippen molar-refractivity contribution in [1.29, 1.82) is 0 Å². The topological polar surface area (TPSA) is 95.4 Å². The van der Waals surface area contributed by atoms with Crippen molar-refractivity contribution in [3.05, 3.63) is 24.3 Å². The molecule has 0 radical (unpaired) electrons. The summed E-state index contributed by atoms with van der Waals surface area (Å²) in [5, 5.41) is 4.98. The lowest BCUT2D eigenvalue weighted by molar-refractivity contribution is 0.226. The fourth-order valence-electron chi connectivity index (χ4n) is 1.08. The molecule has 1 unspecified atom stereocenters. The maximum atomic E-state index is 11.0. The van der Waals surface area contributed by atoms with E-state index in [1.165, 1.54) is 12.1 Å². The van der Waals surface area contributed by atoms with Crippen LogP contribution in [-0.4, -0.2) is 20.6 Å². The van der Waals surface area contributed by atoms with Crippen molar-refractivity contribution in [2.45, 2.75) is 30.7 Å². The molecule has 6 heteroatoms. The van der Waals surface area contributed by atoms with Crippen LogP contribution in [0, 0.1) is 0 Å². The standard InChI is InChI=1S/C11H18N2O3S/c1-3-11(2,12)8-16-9-4-6-10(7-5-9)17(13,14)15/h4-7H,3,8,12H2,1-2H3,(H2,13,14,15). The quantitative estimate of drug-likeness (QED) is 0.818. The average molecular weight is 258 g/mol. The summed E-state index contributed by atoms with van der Waals surface area (Å²) in [6.45, 7) is 4.25. The SMILES string of the molecule is CCC(C)(N)COc1ccc(S(N)(=O)=O)cc1. The van der Waals surface area contributed by atoms with Crippen molar-refractivity contribution in [3.8, 4) is 5.75 Å². The Kier molecular flexibility index (Phi) is 4.13. The maximum Gasteiger partial charge on any atom is 0.238 e. The van der Waals surface area contributed by atoms with Crippen molar-refractivity contribution in [2.75, 3.05) is 6.61 Å². The molecule has 1 aromatic rings. The summed E-state index contributed by atoms with van der Waals surface area (Å²) in [4.78, 5) is 0.0656. The Morgan fingerprint density at radius 2 is 1.82 bits per heavy atom. The van der Waals surface area contributed by atoms with Crippen molar-refractivity contribution < 1.29 is 13.2 Å². The second-order valence-electron chi connectivity index (χ2n) is 4.31. The normalized spacial score (nSPS) is 15.3. The van der Waals surface area contributed by atoms with Crippen molar-refractivity contribution in [3.63, 3.8) is 0 Å². The number of rotatable bonds is 5. The first kappa shape index (κ1) is 14.0. The van der Waals surface area contributed by atoms with Crippen molar-refractivity contribution >= 4 is 10.0 Å². The van der Waals surface area contributed by atoms with Gasteiger partial charge in [-0.05, 0) is 37.6 Å². The number of ether oxygens (including phenoxy) is 1. The maximum absolute atomic E-state index is 11.0. The van der Waals surface area contributed by atoms with Crippen LogP contribution in [0.1, 0.15) is 20.3 Å². The van der Waals surface area contributed by atoms with Crippen LogP contribution in [0.15, 0.2) is 29.2 Å². The Hall–Kier alpha value is -1.11. The van der Waals surface area contributed by atoms with Crippen LogP contribution >= 0.6 is 0 Å². The Balaban J connectivity index is 2.70. The molecular weight excluding hydrogens is 240 g/mol. The lowest BCUT2D eigenvalue weighted by Crippen LogP contribution is -2.41. The molecule has 0 saturated heterocycles. The zero-order valence-electron chi connectivity index (χ0n) is 10.0. The Morgan fingerprint density at radius 3 is 2.24 bits per heavy atom. The Bertz CT molecular complexity index is 466.